The van der Waals surface area contributed by atoms with Crippen LogP contribution >= 0.6 is 0 Å². The summed E-state index contributed by atoms with van der Waals surface area (Å²) in [5.41, 5.74) is -0.0785. The highest BCUT2D eigenvalue weighted by Crippen LogP contribution is 2.44. The third-order valence-electron chi connectivity index (χ3n) is 4.13. The zero-order valence-electron chi connectivity index (χ0n) is 11.3. The van der Waals surface area contributed by atoms with E-state index in [9.17, 15) is 14.3 Å². The number of aliphatic hydroxyl groups is 1. The van der Waals surface area contributed by atoms with Crippen molar-refractivity contribution in [2.75, 3.05) is 19.6 Å². The van der Waals surface area contributed by atoms with Crippen molar-refractivity contribution >= 4 is 5.91 Å². The van der Waals surface area contributed by atoms with Gasteiger partial charge in [0.2, 0.25) is 5.91 Å². The normalized spacial score (nSPS) is 21.3. The summed E-state index contributed by atoms with van der Waals surface area (Å²) in [6.07, 6.45) is 2.20. The third kappa shape index (κ3) is 2.83. The molecule has 0 unspecified atom stereocenters. The lowest BCUT2D eigenvalue weighted by molar-refractivity contribution is -0.136. The van der Waals surface area contributed by atoms with Crippen molar-refractivity contribution in [3.05, 3.63) is 35.6 Å². The summed E-state index contributed by atoms with van der Waals surface area (Å²) >= 11 is 0. The monoisotopic (exact) mass is 278 g/mol. The number of halogens is 1. The maximum atomic E-state index is 13.4. The number of nitrogens with one attached hydrogen (secondary N) is 1. The van der Waals surface area contributed by atoms with Crippen molar-refractivity contribution in [3.63, 3.8) is 0 Å². The van der Waals surface area contributed by atoms with Crippen molar-refractivity contribution < 1.29 is 14.3 Å². The third-order valence-corrected chi connectivity index (χ3v) is 4.13. The number of carbonyl (C=O) groups excluding carboxylic acids is 1. The Balaban J connectivity index is 1.41. The molecule has 3 rings (SSSR count). The molecule has 1 heterocycles. The zero-order valence-corrected chi connectivity index (χ0v) is 11.3. The van der Waals surface area contributed by atoms with E-state index < -0.39 is 5.60 Å². The van der Waals surface area contributed by atoms with Gasteiger partial charge in [0.1, 0.15) is 5.82 Å². The second kappa shape index (κ2) is 5.14. The van der Waals surface area contributed by atoms with Crippen molar-refractivity contribution in [1.29, 1.82) is 0 Å². The molecule has 2 N–H and O–H groups in total. The molecule has 2 aliphatic rings. The van der Waals surface area contributed by atoms with Gasteiger partial charge in [-0.25, -0.2) is 4.39 Å². The second-order valence-corrected chi connectivity index (χ2v) is 5.89. The number of β-amino-alcohol motifs (C(OH)–C–C–N with tert-alkyl or cyclic N) is 1. The van der Waals surface area contributed by atoms with Crippen LogP contribution in [0.25, 0.3) is 0 Å². The van der Waals surface area contributed by atoms with Crippen LogP contribution < -0.4 is 5.32 Å². The Morgan fingerprint density at radius 2 is 2.10 bits per heavy atom. The molecule has 1 aromatic carbocycles. The molecular weight excluding hydrogens is 259 g/mol. The number of likely N-dealkylation sites (tertiary alicyclic amines) is 1. The fraction of sp³-hybridized carbons (Fsp3) is 0.533. The van der Waals surface area contributed by atoms with Gasteiger partial charge in [-0.05, 0) is 24.8 Å². The molecule has 1 saturated heterocycles. The van der Waals surface area contributed by atoms with Crippen molar-refractivity contribution in [3.8, 4) is 0 Å². The molecular formula is C15H19FN2O2. The molecule has 1 aliphatic carbocycles. The molecule has 1 amide bonds. The van der Waals surface area contributed by atoms with Crippen LogP contribution in [0, 0.1) is 11.7 Å². The lowest BCUT2D eigenvalue weighted by Gasteiger charge is -2.46. The zero-order chi connectivity index (χ0) is 14.2. The number of hydrogen-bond donors (Lipinski definition) is 2. The van der Waals surface area contributed by atoms with Crippen molar-refractivity contribution in [1.82, 2.24) is 10.2 Å². The molecule has 0 spiro atoms. The maximum Gasteiger partial charge on any atom is 0.234 e. The van der Waals surface area contributed by atoms with Crippen molar-refractivity contribution in [2.45, 2.75) is 25.0 Å². The van der Waals surface area contributed by atoms with Gasteiger partial charge in [0, 0.05) is 25.2 Å². The molecule has 20 heavy (non-hydrogen) atoms. The summed E-state index contributed by atoms with van der Waals surface area (Å²) in [6.45, 7) is 1.62. The topological polar surface area (TPSA) is 52.6 Å². The minimum Gasteiger partial charge on any atom is -0.387 e. The SMILES string of the molecule is O=C(CN1CC(O)(C2CC2)C1)NCc1ccccc1F. The van der Waals surface area contributed by atoms with Gasteiger partial charge in [-0.1, -0.05) is 18.2 Å². The summed E-state index contributed by atoms with van der Waals surface area (Å²) in [4.78, 5) is 13.7. The van der Waals surface area contributed by atoms with Gasteiger partial charge < -0.3 is 10.4 Å². The Hall–Kier alpha value is -1.46. The highest BCUT2D eigenvalue weighted by molar-refractivity contribution is 5.78. The molecule has 0 atom stereocenters. The molecule has 0 radical (unpaired) electrons. The summed E-state index contributed by atoms with van der Waals surface area (Å²) in [7, 11) is 0. The first-order chi connectivity index (χ1) is 9.57. The molecule has 1 aromatic rings. The molecule has 4 nitrogen and oxygen atoms in total. The van der Waals surface area contributed by atoms with Gasteiger partial charge in [0.15, 0.2) is 0 Å². The van der Waals surface area contributed by atoms with Gasteiger partial charge in [0.05, 0.1) is 12.1 Å². The lowest BCUT2D eigenvalue weighted by Crippen LogP contribution is -2.64. The van der Waals surface area contributed by atoms with Crippen LogP contribution in [0.15, 0.2) is 24.3 Å². The van der Waals surface area contributed by atoms with Crippen LogP contribution in [0.4, 0.5) is 4.39 Å². The number of benzene rings is 1. The largest absolute Gasteiger partial charge is 0.387 e. The van der Waals surface area contributed by atoms with E-state index in [0.717, 1.165) is 12.8 Å². The first kappa shape index (κ1) is 13.5. The minimum atomic E-state index is -0.564. The first-order valence-electron chi connectivity index (χ1n) is 7.02. The Bertz CT molecular complexity index is 510. The van der Waals surface area contributed by atoms with E-state index in [4.69, 9.17) is 0 Å². The number of amides is 1. The van der Waals surface area contributed by atoms with Gasteiger partial charge in [-0.2, -0.15) is 0 Å². The van der Waals surface area contributed by atoms with Crippen LogP contribution in [0.3, 0.4) is 0 Å². The van der Waals surface area contributed by atoms with E-state index in [1.807, 2.05) is 4.90 Å². The molecule has 2 fully saturated rings. The van der Waals surface area contributed by atoms with E-state index in [1.165, 1.54) is 6.07 Å². The van der Waals surface area contributed by atoms with E-state index in [0.29, 0.717) is 24.6 Å². The highest BCUT2D eigenvalue weighted by atomic mass is 19.1. The number of hydrogen-bond acceptors (Lipinski definition) is 3. The second-order valence-electron chi connectivity index (χ2n) is 5.89. The van der Waals surface area contributed by atoms with Gasteiger partial charge in [0.25, 0.3) is 0 Å². The van der Waals surface area contributed by atoms with Crippen LogP contribution in [-0.4, -0.2) is 41.1 Å². The van der Waals surface area contributed by atoms with Crippen LogP contribution in [0.5, 0.6) is 0 Å². The van der Waals surface area contributed by atoms with Gasteiger partial charge >= 0.3 is 0 Å². The molecule has 1 aliphatic heterocycles. The maximum absolute atomic E-state index is 13.4. The predicted molar refractivity (Wildman–Crippen MR) is 72.4 cm³/mol. The van der Waals surface area contributed by atoms with Crippen LogP contribution in [0.2, 0.25) is 0 Å². The van der Waals surface area contributed by atoms with E-state index in [2.05, 4.69) is 5.32 Å². The fourth-order valence-electron chi connectivity index (χ4n) is 2.81. The smallest absolute Gasteiger partial charge is 0.234 e. The quantitative estimate of drug-likeness (QED) is 0.841. The summed E-state index contributed by atoms with van der Waals surface area (Å²) in [5, 5.41) is 12.9. The summed E-state index contributed by atoms with van der Waals surface area (Å²) < 4.78 is 13.4. The van der Waals surface area contributed by atoms with Gasteiger partial charge in [-0.3, -0.25) is 9.69 Å². The Morgan fingerprint density at radius 3 is 2.75 bits per heavy atom. The number of nitrogens with zero attached hydrogens (tertiary/aromatic N) is 1. The Kier molecular flexibility index (Phi) is 3.48. The van der Waals surface area contributed by atoms with Crippen molar-refractivity contribution in [2.24, 2.45) is 5.92 Å². The fourth-order valence-corrected chi connectivity index (χ4v) is 2.81. The minimum absolute atomic E-state index is 0.133. The molecule has 0 bridgehead atoms. The summed E-state index contributed by atoms with van der Waals surface area (Å²) in [5.74, 6) is -0.00816. The lowest BCUT2D eigenvalue weighted by atomic mass is 9.89. The molecule has 5 heteroatoms. The van der Waals surface area contributed by atoms with Gasteiger partial charge in [-0.15, -0.1) is 0 Å². The molecule has 0 aromatic heterocycles. The Labute approximate surface area is 117 Å². The van der Waals surface area contributed by atoms with E-state index in [-0.39, 0.29) is 24.8 Å². The molecule has 1 saturated carbocycles. The first-order valence-corrected chi connectivity index (χ1v) is 7.02. The van der Waals surface area contributed by atoms with E-state index in [1.54, 1.807) is 18.2 Å². The summed E-state index contributed by atoms with van der Waals surface area (Å²) in [6, 6.07) is 6.41. The van der Waals surface area contributed by atoms with E-state index >= 15 is 0 Å². The average Bonchev–Trinajstić information content (AvgIpc) is 3.20. The highest BCUT2D eigenvalue weighted by Gasteiger charge is 2.51. The number of carbonyl (C=O) groups is 1. The molecule has 108 valence electrons. The standard InChI is InChI=1S/C15H19FN2O2/c16-13-4-2-1-3-11(13)7-17-14(19)8-18-9-15(20,10-18)12-5-6-12/h1-4,12,20H,5-10H2,(H,17,19). The Morgan fingerprint density at radius 1 is 1.40 bits per heavy atom. The number of rotatable bonds is 5. The predicted octanol–water partition coefficient (Wildman–Crippen LogP) is 0.899. The van der Waals surface area contributed by atoms with Crippen LogP contribution in [0.1, 0.15) is 18.4 Å². The van der Waals surface area contributed by atoms with Crippen LogP contribution in [-0.2, 0) is 11.3 Å². The average molecular weight is 278 g/mol.